The lowest BCUT2D eigenvalue weighted by atomic mass is 9.96. The van der Waals surface area contributed by atoms with E-state index in [4.69, 9.17) is 27.9 Å². The molecule has 2 aromatic rings. The third kappa shape index (κ3) is 5.15. The van der Waals surface area contributed by atoms with Crippen LogP contribution in [0, 0.1) is 12.8 Å². The number of nitrogens with zero attached hydrogens (tertiary/aromatic N) is 3. The number of hydrogen-bond donors (Lipinski definition) is 0. The highest BCUT2D eigenvalue weighted by molar-refractivity contribution is 7.89. The van der Waals surface area contributed by atoms with Crippen molar-refractivity contribution < 1.29 is 17.9 Å². The molecule has 4 rings (SSSR count). The van der Waals surface area contributed by atoms with Crippen molar-refractivity contribution in [2.45, 2.75) is 24.7 Å². The quantitative estimate of drug-likeness (QED) is 0.588. The standard InChI is InChI=1S/C24H29Cl2N3O4S/c1-17-3-4-19(25)15-22(17)27-11-13-28(14-12-27)24(30)18-7-9-29(10-8-18)34(31,32)20-5-6-23(33-2)21(26)16-20/h3-6,15-16,18H,7-14H2,1-2H3. The van der Waals surface area contributed by atoms with Crippen LogP contribution in [0.15, 0.2) is 41.3 Å². The predicted molar refractivity (Wildman–Crippen MR) is 134 cm³/mol. The van der Waals surface area contributed by atoms with E-state index >= 15 is 0 Å². The van der Waals surface area contributed by atoms with Crippen LogP contribution in [-0.4, -0.2) is 69.9 Å². The Morgan fingerprint density at radius 2 is 1.65 bits per heavy atom. The summed E-state index contributed by atoms with van der Waals surface area (Å²) in [6.45, 7) is 5.47. The summed E-state index contributed by atoms with van der Waals surface area (Å²) < 4.78 is 32.7. The van der Waals surface area contributed by atoms with Gasteiger partial charge in [0, 0.05) is 55.9 Å². The van der Waals surface area contributed by atoms with Crippen molar-refractivity contribution in [2.75, 3.05) is 51.3 Å². The number of rotatable bonds is 5. The lowest BCUT2D eigenvalue weighted by molar-refractivity contribution is -0.137. The van der Waals surface area contributed by atoms with Gasteiger partial charge < -0.3 is 14.5 Å². The first kappa shape index (κ1) is 25.1. The number of aryl methyl sites for hydroxylation is 1. The molecule has 0 aromatic heterocycles. The maximum Gasteiger partial charge on any atom is 0.243 e. The minimum atomic E-state index is -3.68. The molecule has 0 N–H and O–H groups in total. The second-order valence-corrected chi connectivity index (χ2v) is 11.5. The van der Waals surface area contributed by atoms with Gasteiger partial charge in [0.1, 0.15) is 5.75 Å². The van der Waals surface area contributed by atoms with E-state index in [9.17, 15) is 13.2 Å². The molecule has 2 aliphatic rings. The van der Waals surface area contributed by atoms with Gasteiger partial charge in [-0.1, -0.05) is 29.3 Å². The highest BCUT2D eigenvalue weighted by Crippen LogP contribution is 2.31. The molecule has 0 bridgehead atoms. The first-order valence-electron chi connectivity index (χ1n) is 11.3. The molecule has 0 unspecified atom stereocenters. The van der Waals surface area contributed by atoms with E-state index < -0.39 is 10.0 Å². The van der Waals surface area contributed by atoms with Crippen LogP contribution in [0.4, 0.5) is 5.69 Å². The van der Waals surface area contributed by atoms with E-state index in [0.717, 1.165) is 24.3 Å². The largest absolute Gasteiger partial charge is 0.495 e. The SMILES string of the molecule is COc1ccc(S(=O)(=O)N2CCC(C(=O)N3CCN(c4cc(Cl)ccc4C)CC3)CC2)cc1Cl. The molecule has 2 fully saturated rings. The number of methoxy groups -OCH3 is 1. The van der Waals surface area contributed by atoms with Crippen LogP contribution in [0.5, 0.6) is 5.75 Å². The number of carbonyl (C=O) groups excluding carboxylic acids is 1. The number of carbonyl (C=O) groups is 1. The Morgan fingerprint density at radius 1 is 0.971 bits per heavy atom. The van der Waals surface area contributed by atoms with E-state index in [-0.39, 0.29) is 21.7 Å². The molecule has 2 aliphatic heterocycles. The minimum absolute atomic E-state index is 0.118. The van der Waals surface area contributed by atoms with E-state index in [1.54, 1.807) is 6.07 Å². The average Bonchev–Trinajstić information content (AvgIpc) is 2.85. The second kappa shape index (κ2) is 10.3. The zero-order valence-corrected chi connectivity index (χ0v) is 21.7. The van der Waals surface area contributed by atoms with Crippen LogP contribution in [-0.2, 0) is 14.8 Å². The van der Waals surface area contributed by atoms with Crippen molar-refractivity contribution in [3.63, 3.8) is 0 Å². The van der Waals surface area contributed by atoms with Crippen molar-refractivity contribution in [3.8, 4) is 5.75 Å². The fourth-order valence-corrected chi connectivity index (χ4v) is 6.63. The molecular formula is C24H29Cl2N3O4S. The van der Waals surface area contributed by atoms with Gasteiger partial charge in [-0.25, -0.2) is 8.42 Å². The summed E-state index contributed by atoms with van der Waals surface area (Å²) >= 11 is 12.3. The number of sulfonamides is 1. The molecule has 184 valence electrons. The Bertz CT molecular complexity index is 1160. The molecular weight excluding hydrogens is 497 g/mol. The molecule has 0 saturated carbocycles. The number of piperidine rings is 1. The van der Waals surface area contributed by atoms with Gasteiger partial charge in [-0.05, 0) is 55.7 Å². The molecule has 10 heteroatoms. The molecule has 0 aliphatic carbocycles. The van der Waals surface area contributed by atoms with E-state index in [1.165, 1.54) is 23.5 Å². The first-order chi connectivity index (χ1) is 16.2. The Labute approximate surface area is 211 Å². The van der Waals surface area contributed by atoms with Crippen LogP contribution in [0.2, 0.25) is 10.0 Å². The molecule has 0 spiro atoms. The summed E-state index contributed by atoms with van der Waals surface area (Å²) in [5.74, 6) is 0.382. The van der Waals surface area contributed by atoms with Crippen LogP contribution >= 0.6 is 23.2 Å². The topological polar surface area (TPSA) is 70.2 Å². The van der Waals surface area contributed by atoms with Crippen molar-refractivity contribution in [1.82, 2.24) is 9.21 Å². The number of amides is 1. The first-order valence-corrected chi connectivity index (χ1v) is 13.5. The van der Waals surface area contributed by atoms with Crippen LogP contribution in [0.25, 0.3) is 0 Å². The molecule has 2 aromatic carbocycles. The lowest BCUT2D eigenvalue weighted by Gasteiger charge is -2.39. The molecule has 2 heterocycles. The Morgan fingerprint density at radius 3 is 2.26 bits per heavy atom. The van der Waals surface area contributed by atoms with Crippen LogP contribution in [0.3, 0.4) is 0 Å². The number of benzene rings is 2. The van der Waals surface area contributed by atoms with Gasteiger partial charge in [-0.15, -0.1) is 0 Å². The van der Waals surface area contributed by atoms with Crippen molar-refractivity contribution in [2.24, 2.45) is 5.92 Å². The third-order valence-electron chi connectivity index (χ3n) is 6.67. The van der Waals surface area contributed by atoms with E-state index in [1.807, 2.05) is 23.1 Å². The Kier molecular flexibility index (Phi) is 7.62. The van der Waals surface area contributed by atoms with E-state index in [2.05, 4.69) is 11.8 Å². The molecule has 0 radical (unpaired) electrons. The summed E-state index contributed by atoms with van der Waals surface area (Å²) in [5.41, 5.74) is 2.27. The number of piperazine rings is 1. The zero-order chi connectivity index (χ0) is 24.5. The van der Waals surface area contributed by atoms with Crippen molar-refractivity contribution in [3.05, 3.63) is 52.0 Å². The molecule has 1 amide bonds. The lowest BCUT2D eigenvalue weighted by Crippen LogP contribution is -2.52. The van der Waals surface area contributed by atoms with E-state index in [0.29, 0.717) is 49.8 Å². The second-order valence-electron chi connectivity index (χ2n) is 8.72. The minimum Gasteiger partial charge on any atom is -0.495 e. The predicted octanol–water partition coefficient (Wildman–Crippen LogP) is 4.06. The maximum absolute atomic E-state index is 13.1. The zero-order valence-electron chi connectivity index (χ0n) is 19.3. The summed E-state index contributed by atoms with van der Waals surface area (Å²) in [6.07, 6.45) is 1.02. The third-order valence-corrected chi connectivity index (χ3v) is 9.09. The summed E-state index contributed by atoms with van der Waals surface area (Å²) in [5, 5.41) is 0.957. The number of halogens is 2. The van der Waals surface area contributed by atoms with Gasteiger partial charge in [-0.2, -0.15) is 4.31 Å². The van der Waals surface area contributed by atoms with Gasteiger partial charge in [0.2, 0.25) is 15.9 Å². The van der Waals surface area contributed by atoms with Gasteiger partial charge in [0.05, 0.1) is 17.0 Å². The number of anilines is 1. The smallest absolute Gasteiger partial charge is 0.243 e. The van der Waals surface area contributed by atoms with Crippen molar-refractivity contribution in [1.29, 1.82) is 0 Å². The van der Waals surface area contributed by atoms with Crippen LogP contribution < -0.4 is 9.64 Å². The molecule has 7 nitrogen and oxygen atoms in total. The highest BCUT2D eigenvalue weighted by atomic mass is 35.5. The summed E-state index contributed by atoms with van der Waals surface area (Å²) in [7, 11) is -2.20. The average molecular weight is 526 g/mol. The molecule has 34 heavy (non-hydrogen) atoms. The van der Waals surface area contributed by atoms with Gasteiger partial charge in [-0.3, -0.25) is 4.79 Å². The maximum atomic E-state index is 13.1. The summed E-state index contributed by atoms with van der Waals surface area (Å²) in [4.78, 5) is 17.5. The molecule has 2 saturated heterocycles. The van der Waals surface area contributed by atoms with Crippen LogP contribution in [0.1, 0.15) is 18.4 Å². The van der Waals surface area contributed by atoms with Gasteiger partial charge in [0.15, 0.2) is 0 Å². The van der Waals surface area contributed by atoms with Crippen molar-refractivity contribution >= 4 is 44.8 Å². The summed E-state index contributed by atoms with van der Waals surface area (Å²) in [6, 6.07) is 10.3. The number of ether oxygens (including phenoxy) is 1. The van der Waals surface area contributed by atoms with Gasteiger partial charge >= 0.3 is 0 Å². The fraction of sp³-hybridized carbons (Fsp3) is 0.458. The van der Waals surface area contributed by atoms with Gasteiger partial charge in [0.25, 0.3) is 0 Å². The highest BCUT2D eigenvalue weighted by Gasteiger charge is 2.35. The molecule has 0 atom stereocenters. The monoisotopic (exact) mass is 525 g/mol. The fourth-order valence-electron chi connectivity index (χ4n) is 4.65. The Hall–Kier alpha value is -2.00. The normalized spacial score (nSPS) is 18.2. The number of hydrogen-bond acceptors (Lipinski definition) is 5. The Balaban J connectivity index is 1.33.